The van der Waals surface area contributed by atoms with E-state index in [2.05, 4.69) is 6.58 Å². The van der Waals surface area contributed by atoms with Crippen molar-refractivity contribution in [2.75, 3.05) is 6.61 Å². The van der Waals surface area contributed by atoms with Crippen molar-refractivity contribution in [2.24, 2.45) is 0 Å². The molecule has 0 spiro atoms. The van der Waals surface area contributed by atoms with Gasteiger partial charge in [0.25, 0.3) is 0 Å². The molecule has 120 valence electrons. The van der Waals surface area contributed by atoms with Crippen molar-refractivity contribution < 1.29 is 23.0 Å². The van der Waals surface area contributed by atoms with Crippen LogP contribution in [0.5, 0.6) is 5.75 Å². The van der Waals surface area contributed by atoms with Gasteiger partial charge in [-0.05, 0) is 31.5 Å². The zero-order valence-corrected chi connectivity index (χ0v) is 12.6. The summed E-state index contributed by atoms with van der Waals surface area (Å²) in [6, 6.07) is 6.22. The standard InChI is InChI=1S/C18H16F2O3/c1-3-4-9-22-14-8-7-13-12-6-5-11(10(2)21)15(19)17(12)23-18(13)16(14)20/h3,5-8,10,21H,1,4,9H2,2H3/t10-/m0/s1. The normalized spacial score (nSPS) is 12.7. The first kappa shape index (κ1) is 15.5. The molecule has 0 fully saturated rings. The Hall–Kier alpha value is -2.40. The number of fused-ring (bicyclic) bond motifs is 3. The Morgan fingerprint density at radius 2 is 1.83 bits per heavy atom. The fourth-order valence-electron chi connectivity index (χ4n) is 2.52. The molecular weight excluding hydrogens is 302 g/mol. The van der Waals surface area contributed by atoms with E-state index in [0.29, 0.717) is 23.8 Å². The Morgan fingerprint density at radius 1 is 1.17 bits per heavy atom. The number of benzene rings is 2. The molecule has 1 aromatic heterocycles. The topological polar surface area (TPSA) is 42.6 Å². The van der Waals surface area contributed by atoms with Crippen LogP contribution < -0.4 is 4.74 Å². The molecular formula is C18H16F2O3. The first-order valence-electron chi connectivity index (χ1n) is 7.29. The Bertz CT molecular complexity index is 881. The lowest BCUT2D eigenvalue weighted by Crippen LogP contribution is -1.97. The molecule has 3 aromatic rings. The highest BCUT2D eigenvalue weighted by Gasteiger charge is 2.20. The monoisotopic (exact) mass is 318 g/mol. The highest BCUT2D eigenvalue weighted by molar-refractivity contribution is 6.05. The molecule has 0 aliphatic rings. The van der Waals surface area contributed by atoms with Crippen molar-refractivity contribution in [1.82, 2.24) is 0 Å². The second kappa shape index (κ2) is 6.01. The minimum absolute atomic E-state index is 0.0505. The number of halogens is 2. The van der Waals surface area contributed by atoms with Gasteiger partial charge in [0.05, 0.1) is 12.7 Å². The Labute approximate surface area is 131 Å². The van der Waals surface area contributed by atoms with Crippen LogP contribution in [0.2, 0.25) is 0 Å². The predicted octanol–water partition coefficient (Wildman–Crippen LogP) is 4.87. The summed E-state index contributed by atoms with van der Waals surface area (Å²) in [5.74, 6) is -1.29. The molecule has 0 aliphatic heterocycles. The molecule has 0 aliphatic carbocycles. The number of hydrogen-bond donors (Lipinski definition) is 1. The van der Waals surface area contributed by atoms with E-state index < -0.39 is 17.7 Å². The number of rotatable bonds is 5. The molecule has 0 bridgehead atoms. The van der Waals surface area contributed by atoms with Crippen LogP contribution >= 0.6 is 0 Å². The van der Waals surface area contributed by atoms with Crippen molar-refractivity contribution in [3.05, 3.63) is 54.1 Å². The molecule has 3 nitrogen and oxygen atoms in total. The van der Waals surface area contributed by atoms with Gasteiger partial charge in [-0.2, -0.15) is 4.39 Å². The second-order valence-corrected chi connectivity index (χ2v) is 5.30. The first-order chi connectivity index (χ1) is 11.0. The van der Waals surface area contributed by atoms with E-state index in [9.17, 15) is 13.9 Å². The summed E-state index contributed by atoms with van der Waals surface area (Å²) in [4.78, 5) is 0. The molecule has 1 atom stereocenters. The molecule has 0 unspecified atom stereocenters. The summed E-state index contributed by atoms with van der Waals surface area (Å²) in [5.41, 5.74) is -0.0160. The van der Waals surface area contributed by atoms with Gasteiger partial charge in [-0.25, -0.2) is 4.39 Å². The van der Waals surface area contributed by atoms with E-state index in [-0.39, 0.29) is 22.5 Å². The summed E-state index contributed by atoms with van der Waals surface area (Å²) in [5, 5.41) is 10.5. The third-order valence-electron chi connectivity index (χ3n) is 3.71. The van der Waals surface area contributed by atoms with Crippen LogP contribution in [-0.2, 0) is 0 Å². The maximum atomic E-state index is 14.5. The fraction of sp³-hybridized carbons (Fsp3) is 0.222. The Kier molecular flexibility index (Phi) is 4.05. The quantitative estimate of drug-likeness (QED) is 0.539. The van der Waals surface area contributed by atoms with Crippen LogP contribution in [0.15, 0.2) is 41.3 Å². The molecule has 2 aromatic carbocycles. The first-order valence-corrected chi connectivity index (χ1v) is 7.29. The predicted molar refractivity (Wildman–Crippen MR) is 84.6 cm³/mol. The number of hydrogen-bond acceptors (Lipinski definition) is 3. The number of aliphatic hydroxyl groups is 1. The molecule has 0 saturated carbocycles. The van der Waals surface area contributed by atoms with Crippen LogP contribution in [0.3, 0.4) is 0 Å². The van der Waals surface area contributed by atoms with Crippen LogP contribution in [-0.4, -0.2) is 11.7 Å². The molecule has 5 heteroatoms. The van der Waals surface area contributed by atoms with E-state index in [4.69, 9.17) is 9.15 Å². The number of furan rings is 1. The highest BCUT2D eigenvalue weighted by Crippen LogP contribution is 2.37. The van der Waals surface area contributed by atoms with E-state index in [1.54, 1.807) is 18.2 Å². The van der Waals surface area contributed by atoms with E-state index in [1.165, 1.54) is 19.1 Å². The van der Waals surface area contributed by atoms with Gasteiger partial charge >= 0.3 is 0 Å². The zero-order valence-electron chi connectivity index (χ0n) is 12.6. The molecule has 0 amide bonds. The number of ether oxygens (including phenoxy) is 1. The van der Waals surface area contributed by atoms with Crippen molar-refractivity contribution in [2.45, 2.75) is 19.4 Å². The largest absolute Gasteiger partial charge is 0.490 e. The average molecular weight is 318 g/mol. The van der Waals surface area contributed by atoms with Gasteiger partial charge in [0.2, 0.25) is 5.82 Å². The van der Waals surface area contributed by atoms with Gasteiger partial charge in [0.15, 0.2) is 22.7 Å². The van der Waals surface area contributed by atoms with E-state index >= 15 is 0 Å². The summed E-state index contributed by atoms with van der Waals surface area (Å²) >= 11 is 0. The lowest BCUT2D eigenvalue weighted by Gasteiger charge is -2.05. The fourth-order valence-corrected chi connectivity index (χ4v) is 2.52. The summed E-state index contributed by atoms with van der Waals surface area (Å²) in [6.07, 6.45) is 1.28. The highest BCUT2D eigenvalue weighted by atomic mass is 19.1. The van der Waals surface area contributed by atoms with Crippen molar-refractivity contribution in [1.29, 1.82) is 0 Å². The summed E-state index contributed by atoms with van der Waals surface area (Å²) < 4.78 is 39.7. The van der Waals surface area contributed by atoms with Gasteiger partial charge in [-0.15, -0.1) is 6.58 Å². The third kappa shape index (κ3) is 2.57. The molecule has 0 saturated heterocycles. The van der Waals surface area contributed by atoms with Crippen LogP contribution in [0.1, 0.15) is 25.0 Å². The maximum Gasteiger partial charge on any atom is 0.208 e. The molecule has 3 rings (SSSR count). The minimum Gasteiger partial charge on any atom is -0.490 e. The minimum atomic E-state index is -0.977. The molecule has 1 N–H and O–H groups in total. The van der Waals surface area contributed by atoms with Gasteiger partial charge in [0.1, 0.15) is 0 Å². The smallest absolute Gasteiger partial charge is 0.208 e. The Balaban J connectivity index is 2.16. The zero-order chi connectivity index (χ0) is 16.6. The average Bonchev–Trinajstić information content (AvgIpc) is 2.90. The van der Waals surface area contributed by atoms with Crippen molar-refractivity contribution in [3.8, 4) is 5.75 Å². The molecule has 23 heavy (non-hydrogen) atoms. The van der Waals surface area contributed by atoms with Crippen molar-refractivity contribution >= 4 is 21.9 Å². The lowest BCUT2D eigenvalue weighted by atomic mass is 10.1. The van der Waals surface area contributed by atoms with E-state index in [1.807, 2.05) is 0 Å². The maximum absolute atomic E-state index is 14.5. The van der Waals surface area contributed by atoms with Crippen LogP contribution in [0.25, 0.3) is 21.9 Å². The van der Waals surface area contributed by atoms with Gasteiger partial charge in [0, 0.05) is 16.3 Å². The molecule has 0 radical (unpaired) electrons. The second-order valence-electron chi connectivity index (χ2n) is 5.30. The van der Waals surface area contributed by atoms with Crippen LogP contribution in [0, 0.1) is 11.6 Å². The number of aliphatic hydroxyl groups excluding tert-OH is 1. The van der Waals surface area contributed by atoms with Gasteiger partial charge in [-0.1, -0.05) is 12.1 Å². The summed E-state index contributed by atoms with van der Waals surface area (Å²) in [6.45, 7) is 5.33. The third-order valence-corrected chi connectivity index (χ3v) is 3.71. The van der Waals surface area contributed by atoms with Gasteiger partial charge in [-0.3, -0.25) is 0 Å². The Morgan fingerprint density at radius 3 is 2.48 bits per heavy atom. The van der Waals surface area contributed by atoms with E-state index in [0.717, 1.165) is 0 Å². The van der Waals surface area contributed by atoms with Crippen molar-refractivity contribution in [3.63, 3.8) is 0 Å². The summed E-state index contributed by atoms with van der Waals surface area (Å²) in [7, 11) is 0. The lowest BCUT2D eigenvalue weighted by molar-refractivity contribution is 0.194. The SMILES string of the molecule is C=CCCOc1ccc2c(oc3c(F)c([C@H](C)O)ccc32)c1F. The van der Waals surface area contributed by atoms with Crippen LogP contribution in [0.4, 0.5) is 8.78 Å². The molecule has 1 heterocycles. The van der Waals surface area contributed by atoms with Gasteiger partial charge < -0.3 is 14.3 Å².